The van der Waals surface area contributed by atoms with Crippen molar-refractivity contribution >= 4 is 33.5 Å². The summed E-state index contributed by atoms with van der Waals surface area (Å²) in [6.45, 7) is 1.86. The Morgan fingerprint density at radius 3 is 2.57 bits per heavy atom. The molecule has 0 saturated heterocycles. The quantitative estimate of drug-likeness (QED) is 0.821. The number of hydrogen-bond acceptors (Lipinski definition) is 4. The molecule has 0 atom stereocenters. The van der Waals surface area contributed by atoms with Gasteiger partial charge in [0.05, 0.1) is 10.3 Å². The number of sulfonamides is 1. The number of Topliss-reactive ketones (excluding diaryl/α,β-unsaturated/α-hetero) is 1. The fourth-order valence-electron chi connectivity index (χ4n) is 2.21. The van der Waals surface area contributed by atoms with Gasteiger partial charge in [-0.1, -0.05) is 12.1 Å². The van der Waals surface area contributed by atoms with Crippen LogP contribution in [0.25, 0.3) is 6.08 Å². The first-order chi connectivity index (χ1) is 10.8. The van der Waals surface area contributed by atoms with E-state index >= 15 is 0 Å². The van der Waals surface area contributed by atoms with Crippen LogP contribution in [0.1, 0.15) is 5.56 Å². The topological polar surface area (TPSA) is 92.7 Å². The molecule has 1 aliphatic heterocycles. The molecule has 116 valence electrons. The van der Waals surface area contributed by atoms with Crippen LogP contribution in [0.3, 0.4) is 0 Å². The third kappa shape index (κ3) is 3.04. The van der Waals surface area contributed by atoms with E-state index in [-0.39, 0.29) is 10.3 Å². The van der Waals surface area contributed by atoms with Crippen LogP contribution in [0.5, 0.6) is 0 Å². The van der Waals surface area contributed by atoms with Gasteiger partial charge in [0.2, 0.25) is 5.78 Å². The lowest BCUT2D eigenvalue weighted by Crippen LogP contribution is -2.34. The number of anilines is 1. The molecule has 0 aliphatic carbocycles. The zero-order valence-electron chi connectivity index (χ0n) is 12.1. The Bertz CT molecular complexity index is 1060. The molecule has 1 N–H and O–H groups in total. The van der Waals surface area contributed by atoms with Crippen molar-refractivity contribution in [3.63, 3.8) is 0 Å². The maximum atomic E-state index is 12.4. The van der Waals surface area contributed by atoms with Gasteiger partial charge in [-0.05, 0) is 42.8 Å². The van der Waals surface area contributed by atoms with E-state index in [1.54, 1.807) is 18.2 Å². The van der Waals surface area contributed by atoms with E-state index in [4.69, 9.17) is 0 Å². The third-order valence-corrected chi connectivity index (χ3v) is 4.68. The number of nitrogens with one attached hydrogen (secondary N) is 1. The predicted molar refractivity (Wildman–Crippen MR) is 83.7 cm³/mol. The number of hydrogen-bond donors (Lipinski definition) is 1. The van der Waals surface area contributed by atoms with Crippen molar-refractivity contribution in [1.29, 1.82) is 0 Å². The SMILES string of the molecule is Cc1cccc(NS(=O)(=O)c2ccc3c(c2)=CC(=O)C(=O)N=3)c1. The molecule has 0 saturated carbocycles. The van der Waals surface area contributed by atoms with Crippen molar-refractivity contribution < 1.29 is 18.0 Å². The second-order valence-electron chi connectivity index (χ2n) is 5.12. The summed E-state index contributed by atoms with van der Waals surface area (Å²) in [6.07, 6.45) is 1.09. The van der Waals surface area contributed by atoms with Crippen molar-refractivity contribution in [2.75, 3.05) is 4.72 Å². The minimum atomic E-state index is -3.80. The molecule has 2 aromatic rings. The van der Waals surface area contributed by atoms with Gasteiger partial charge in [0.1, 0.15) is 0 Å². The summed E-state index contributed by atoms with van der Waals surface area (Å²) in [6, 6.07) is 11.0. The first-order valence-corrected chi connectivity index (χ1v) is 8.22. The highest BCUT2D eigenvalue weighted by molar-refractivity contribution is 7.92. The van der Waals surface area contributed by atoms with Crippen molar-refractivity contribution in [2.45, 2.75) is 11.8 Å². The molecule has 1 heterocycles. The van der Waals surface area contributed by atoms with Gasteiger partial charge in [-0.2, -0.15) is 0 Å². The van der Waals surface area contributed by atoms with Gasteiger partial charge in [-0.3, -0.25) is 14.3 Å². The number of carbonyl (C=O) groups is 2. The van der Waals surface area contributed by atoms with Crippen LogP contribution in [-0.2, 0) is 19.6 Å². The van der Waals surface area contributed by atoms with E-state index in [2.05, 4.69) is 9.71 Å². The molecule has 3 rings (SSSR count). The Balaban J connectivity index is 2.04. The average molecular weight is 328 g/mol. The highest BCUT2D eigenvalue weighted by Gasteiger charge is 2.18. The van der Waals surface area contributed by atoms with E-state index in [1.165, 1.54) is 18.2 Å². The number of ketones is 1. The predicted octanol–water partition coefficient (Wildman–Crippen LogP) is 0.305. The highest BCUT2D eigenvalue weighted by atomic mass is 32.2. The lowest BCUT2D eigenvalue weighted by Gasteiger charge is -2.09. The summed E-state index contributed by atoms with van der Waals surface area (Å²) in [4.78, 5) is 26.2. The van der Waals surface area contributed by atoms with Crippen molar-refractivity contribution in [3.8, 4) is 0 Å². The van der Waals surface area contributed by atoms with Crippen molar-refractivity contribution in [3.05, 3.63) is 58.6 Å². The molecule has 1 amide bonds. The summed E-state index contributed by atoms with van der Waals surface area (Å²) in [7, 11) is -3.80. The van der Waals surface area contributed by atoms with E-state index < -0.39 is 21.7 Å². The molecule has 2 aromatic carbocycles. The molecule has 0 aromatic heterocycles. The number of nitrogens with zero attached hydrogens (tertiary/aromatic N) is 1. The Morgan fingerprint density at radius 1 is 1.04 bits per heavy atom. The van der Waals surface area contributed by atoms with E-state index in [1.807, 2.05) is 13.0 Å². The highest BCUT2D eigenvalue weighted by Crippen LogP contribution is 2.15. The van der Waals surface area contributed by atoms with Crippen molar-refractivity contribution in [2.24, 2.45) is 4.99 Å². The number of benzene rings is 2. The van der Waals surface area contributed by atoms with E-state index in [0.29, 0.717) is 10.9 Å². The first kappa shape index (κ1) is 15.1. The number of amides is 1. The zero-order valence-corrected chi connectivity index (χ0v) is 12.9. The Kier molecular flexibility index (Phi) is 3.57. The van der Waals surface area contributed by atoms with Crippen LogP contribution < -0.4 is 15.3 Å². The van der Waals surface area contributed by atoms with Gasteiger partial charge < -0.3 is 0 Å². The van der Waals surface area contributed by atoms with Crippen molar-refractivity contribution in [1.82, 2.24) is 0 Å². The second kappa shape index (κ2) is 5.44. The summed E-state index contributed by atoms with van der Waals surface area (Å²) in [5, 5.41) is 0.589. The number of aryl methyl sites for hydroxylation is 1. The smallest absolute Gasteiger partial charge is 0.284 e. The average Bonchev–Trinajstić information content (AvgIpc) is 2.47. The van der Waals surface area contributed by atoms with Gasteiger partial charge in [0, 0.05) is 17.0 Å². The van der Waals surface area contributed by atoms with Crippen LogP contribution in [0.4, 0.5) is 5.69 Å². The molecular weight excluding hydrogens is 316 g/mol. The van der Waals surface area contributed by atoms with Gasteiger partial charge in [0.25, 0.3) is 10.0 Å². The summed E-state index contributed by atoms with van der Waals surface area (Å²) < 4.78 is 27.4. The Morgan fingerprint density at radius 2 is 1.83 bits per heavy atom. The Labute approximate surface area is 132 Å². The molecule has 0 fully saturated rings. The Hall–Kier alpha value is -2.80. The summed E-state index contributed by atoms with van der Waals surface area (Å²) in [5.74, 6) is -1.62. The van der Waals surface area contributed by atoms with E-state index in [9.17, 15) is 18.0 Å². The number of carbonyl (C=O) groups excluding carboxylic acids is 2. The molecule has 0 unspecified atom stereocenters. The van der Waals surface area contributed by atoms with Gasteiger partial charge in [-0.25, -0.2) is 13.4 Å². The molecule has 7 heteroatoms. The largest absolute Gasteiger partial charge is 0.317 e. The fourth-order valence-corrected chi connectivity index (χ4v) is 3.29. The van der Waals surface area contributed by atoms with E-state index in [0.717, 1.165) is 11.6 Å². The van der Waals surface area contributed by atoms with Crippen LogP contribution in [0.2, 0.25) is 0 Å². The minimum Gasteiger partial charge on any atom is -0.284 e. The molecule has 0 spiro atoms. The minimum absolute atomic E-state index is 0.00800. The molecule has 1 aliphatic rings. The summed E-state index contributed by atoms with van der Waals surface area (Å²) >= 11 is 0. The zero-order chi connectivity index (χ0) is 16.6. The standard InChI is InChI=1S/C16H12N2O4S/c1-10-3-2-4-12(7-10)18-23(21,22)13-5-6-14-11(8-13)9-15(19)16(20)17-14/h2-9,18H,1H3. The molecule has 0 radical (unpaired) electrons. The molecular formula is C16H12N2O4S. The van der Waals surface area contributed by atoms with Gasteiger partial charge in [0.15, 0.2) is 0 Å². The van der Waals surface area contributed by atoms with Crippen LogP contribution in [-0.4, -0.2) is 20.1 Å². The molecule has 0 bridgehead atoms. The summed E-state index contributed by atoms with van der Waals surface area (Å²) in [5.41, 5.74) is 1.37. The molecule has 23 heavy (non-hydrogen) atoms. The van der Waals surface area contributed by atoms with Gasteiger partial charge in [-0.15, -0.1) is 0 Å². The fraction of sp³-hybridized carbons (Fsp3) is 0.0625. The normalized spacial score (nSPS) is 13.8. The third-order valence-electron chi connectivity index (χ3n) is 3.30. The number of rotatable bonds is 3. The van der Waals surface area contributed by atoms with Crippen LogP contribution in [0, 0.1) is 6.92 Å². The lowest BCUT2D eigenvalue weighted by atomic mass is 10.2. The second-order valence-corrected chi connectivity index (χ2v) is 6.80. The van der Waals surface area contributed by atoms with Gasteiger partial charge >= 0.3 is 5.91 Å². The molecule has 6 nitrogen and oxygen atoms in total. The van der Waals surface area contributed by atoms with Crippen LogP contribution in [0.15, 0.2) is 52.4 Å². The lowest BCUT2D eigenvalue weighted by molar-refractivity contribution is -0.132. The number of fused-ring (bicyclic) bond motifs is 1. The monoisotopic (exact) mass is 328 g/mol. The maximum Gasteiger partial charge on any atom is 0.317 e. The maximum absolute atomic E-state index is 12.4. The first-order valence-electron chi connectivity index (χ1n) is 6.73. The van der Waals surface area contributed by atoms with Crippen LogP contribution >= 0.6 is 0 Å².